The van der Waals surface area contributed by atoms with E-state index >= 15 is 0 Å². The number of likely N-dealkylation sites (tertiary alicyclic amines) is 1. The summed E-state index contributed by atoms with van der Waals surface area (Å²) in [4.78, 5) is 2.50. The van der Waals surface area contributed by atoms with E-state index in [0.717, 1.165) is 50.3 Å². The first kappa shape index (κ1) is 13.9. The van der Waals surface area contributed by atoms with Crippen LogP contribution in [0, 0.1) is 5.92 Å². The van der Waals surface area contributed by atoms with Crippen LogP contribution in [0.5, 0.6) is 0 Å². The minimum Gasteiger partial charge on any atom is -0.396 e. The summed E-state index contributed by atoms with van der Waals surface area (Å²) < 4.78 is 0. The van der Waals surface area contributed by atoms with Gasteiger partial charge >= 0.3 is 0 Å². The molecule has 1 heterocycles. The fraction of sp³-hybridized carbons (Fsp3) is 0.600. The van der Waals surface area contributed by atoms with Crippen LogP contribution in [-0.2, 0) is 6.42 Å². The van der Waals surface area contributed by atoms with Crippen LogP contribution < -0.4 is 0 Å². The molecule has 0 bridgehead atoms. The number of aryl methyl sites for hydroxylation is 1. The molecule has 0 aromatic heterocycles. The number of nitrogens with zero attached hydrogens (tertiary/aromatic N) is 1. The number of aliphatic hydroxyl groups excluding tert-OH is 1. The minimum absolute atomic E-state index is 0.355. The smallest absolute Gasteiger partial charge is 0.0460 e. The molecular weight excluding hydrogens is 246 g/mol. The summed E-state index contributed by atoms with van der Waals surface area (Å²) in [6.45, 7) is 3.76. The fourth-order valence-electron chi connectivity index (χ4n) is 2.59. The zero-order chi connectivity index (χ0) is 12.8. The Kier molecular flexibility index (Phi) is 5.48. The number of benzene rings is 1. The van der Waals surface area contributed by atoms with E-state index in [4.69, 9.17) is 16.7 Å². The van der Waals surface area contributed by atoms with Crippen molar-refractivity contribution in [3.05, 3.63) is 34.9 Å². The summed E-state index contributed by atoms with van der Waals surface area (Å²) in [5.74, 6) is 0.532. The fourth-order valence-corrected chi connectivity index (χ4v) is 2.82. The van der Waals surface area contributed by atoms with Crippen LogP contribution in [0.15, 0.2) is 24.3 Å². The lowest BCUT2D eigenvalue weighted by Gasteiger charge is -2.30. The number of hydrogen-bond donors (Lipinski definition) is 1. The van der Waals surface area contributed by atoms with Crippen molar-refractivity contribution in [1.82, 2.24) is 4.90 Å². The molecule has 1 aliphatic heterocycles. The Balaban J connectivity index is 1.69. The van der Waals surface area contributed by atoms with Crippen LogP contribution in [-0.4, -0.2) is 36.2 Å². The molecule has 1 aliphatic rings. The van der Waals surface area contributed by atoms with E-state index in [-0.39, 0.29) is 0 Å². The van der Waals surface area contributed by atoms with Crippen molar-refractivity contribution in [2.45, 2.75) is 25.7 Å². The van der Waals surface area contributed by atoms with E-state index in [1.807, 2.05) is 18.2 Å². The zero-order valence-electron chi connectivity index (χ0n) is 10.8. The van der Waals surface area contributed by atoms with Crippen LogP contribution in [0.2, 0.25) is 5.02 Å². The molecule has 3 heteroatoms. The molecule has 0 saturated carbocycles. The molecule has 1 saturated heterocycles. The van der Waals surface area contributed by atoms with Crippen molar-refractivity contribution in [2.24, 2.45) is 5.92 Å². The number of rotatable bonds is 5. The van der Waals surface area contributed by atoms with Gasteiger partial charge in [-0.1, -0.05) is 29.8 Å². The lowest BCUT2D eigenvalue weighted by Crippen LogP contribution is -2.35. The third-order valence-electron chi connectivity index (χ3n) is 3.84. The molecule has 2 nitrogen and oxygen atoms in total. The first-order valence-corrected chi connectivity index (χ1v) is 7.24. The number of aliphatic hydroxyl groups is 1. The summed E-state index contributed by atoms with van der Waals surface area (Å²) >= 11 is 6.14. The van der Waals surface area contributed by atoms with Gasteiger partial charge in [0.25, 0.3) is 0 Å². The highest BCUT2D eigenvalue weighted by atomic mass is 35.5. The Hall–Kier alpha value is -0.570. The maximum atomic E-state index is 9.10. The van der Waals surface area contributed by atoms with E-state index < -0.39 is 0 Å². The van der Waals surface area contributed by atoms with E-state index in [0.29, 0.717) is 12.5 Å². The summed E-state index contributed by atoms with van der Waals surface area (Å²) in [5.41, 5.74) is 1.25. The molecule has 0 spiro atoms. The average Bonchev–Trinajstić information content (AvgIpc) is 2.42. The van der Waals surface area contributed by atoms with E-state index in [9.17, 15) is 0 Å². The van der Waals surface area contributed by atoms with Gasteiger partial charge in [-0.2, -0.15) is 0 Å². The van der Waals surface area contributed by atoms with Gasteiger partial charge in [0.15, 0.2) is 0 Å². The second kappa shape index (κ2) is 7.13. The highest BCUT2D eigenvalue weighted by Gasteiger charge is 2.17. The van der Waals surface area contributed by atoms with E-state index in [2.05, 4.69) is 11.0 Å². The van der Waals surface area contributed by atoms with Crippen LogP contribution >= 0.6 is 11.6 Å². The lowest BCUT2D eigenvalue weighted by atomic mass is 9.97. The standard InChI is InChI=1S/C15H22ClNO/c16-15-6-2-1-4-14(15)5-3-9-17-10-7-13(12-18)8-11-17/h1-2,4,6,13,18H,3,5,7-12H2. The predicted octanol–water partition coefficient (Wildman–Crippen LogP) is 2.98. The Morgan fingerprint density at radius 1 is 1.22 bits per heavy atom. The van der Waals surface area contributed by atoms with Crippen molar-refractivity contribution < 1.29 is 5.11 Å². The van der Waals surface area contributed by atoms with Crippen LogP contribution in [0.25, 0.3) is 0 Å². The van der Waals surface area contributed by atoms with E-state index in [1.165, 1.54) is 5.56 Å². The molecule has 0 radical (unpaired) electrons. The maximum absolute atomic E-state index is 9.10. The first-order valence-electron chi connectivity index (χ1n) is 6.86. The number of piperidine rings is 1. The Morgan fingerprint density at radius 3 is 2.61 bits per heavy atom. The van der Waals surface area contributed by atoms with Gasteiger partial charge in [-0.3, -0.25) is 0 Å². The van der Waals surface area contributed by atoms with Gasteiger partial charge in [-0.05, 0) is 62.9 Å². The van der Waals surface area contributed by atoms with Gasteiger partial charge in [-0.25, -0.2) is 0 Å². The van der Waals surface area contributed by atoms with Gasteiger partial charge < -0.3 is 10.0 Å². The van der Waals surface area contributed by atoms with Crippen LogP contribution in [0.3, 0.4) is 0 Å². The molecular formula is C15H22ClNO. The van der Waals surface area contributed by atoms with Crippen LogP contribution in [0.1, 0.15) is 24.8 Å². The van der Waals surface area contributed by atoms with Crippen molar-refractivity contribution in [3.8, 4) is 0 Å². The average molecular weight is 268 g/mol. The highest BCUT2D eigenvalue weighted by Crippen LogP contribution is 2.19. The molecule has 0 atom stereocenters. The minimum atomic E-state index is 0.355. The van der Waals surface area contributed by atoms with Gasteiger partial charge in [-0.15, -0.1) is 0 Å². The monoisotopic (exact) mass is 267 g/mol. The van der Waals surface area contributed by atoms with Gasteiger partial charge in [0.1, 0.15) is 0 Å². The Labute approximate surface area is 115 Å². The molecule has 100 valence electrons. The third-order valence-corrected chi connectivity index (χ3v) is 4.21. The van der Waals surface area contributed by atoms with Gasteiger partial charge in [0.05, 0.1) is 0 Å². The molecule has 18 heavy (non-hydrogen) atoms. The topological polar surface area (TPSA) is 23.5 Å². The molecule has 0 aliphatic carbocycles. The van der Waals surface area contributed by atoms with Crippen molar-refractivity contribution >= 4 is 11.6 Å². The summed E-state index contributed by atoms with van der Waals surface area (Å²) in [7, 11) is 0. The number of hydrogen-bond acceptors (Lipinski definition) is 2. The van der Waals surface area contributed by atoms with Crippen molar-refractivity contribution in [2.75, 3.05) is 26.2 Å². The summed E-state index contributed by atoms with van der Waals surface area (Å²) in [6, 6.07) is 8.10. The lowest BCUT2D eigenvalue weighted by molar-refractivity contribution is 0.131. The SMILES string of the molecule is OCC1CCN(CCCc2ccccc2Cl)CC1. The summed E-state index contributed by atoms with van der Waals surface area (Å²) in [6.07, 6.45) is 4.50. The van der Waals surface area contributed by atoms with Gasteiger partial charge in [0, 0.05) is 11.6 Å². The third kappa shape index (κ3) is 3.98. The number of halogens is 1. The molecule has 2 rings (SSSR count). The normalized spacial score (nSPS) is 18.1. The molecule has 1 aromatic carbocycles. The second-order valence-electron chi connectivity index (χ2n) is 5.16. The molecule has 1 fully saturated rings. The van der Waals surface area contributed by atoms with Crippen LogP contribution in [0.4, 0.5) is 0 Å². The first-order chi connectivity index (χ1) is 8.79. The van der Waals surface area contributed by atoms with Crippen molar-refractivity contribution in [3.63, 3.8) is 0 Å². The quantitative estimate of drug-likeness (QED) is 0.887. The molecule has 1 aromatic rings. The summed E-state index contributed by atoms with van der Waals surface area (Å²) in [5, 5.41) is 9.99. The zero-order valence-corrected chi connectivity index (χ0v) is 11.6. The predicted molar refractivity (Wildman–Crippen MR) is 76.0 cm³/mol. The Morgan fingerprint density at radius 2 is 1.94 bits per heavy atom. The highest BCUT2D eigenvalue weighted by molar-refractivity contribution is 6.31. The molecule has 0 unspecified atom stereocenters. The van der Waals surface area contributed by atoms with Gasteiger partial charge in [0.2, 0.25) is 0 Å². The molecule has 0 amide bonds. The van der Waals surface area contributed by atoms with Crippen molar-refractivity contribution in [1.29, 1.82) is 0 Å². The maximum Gasteiger partial charge on any atom is 0.0460 e. The second-order valence-corrected chi connectivity index (χ2v) is 5.57. The van der Waals surface area contributed by atoms with E-state index in [1.54, 1.807) is 0 Å². The largest absolute Gasteiger partial charge is 0.396 e. The Bertz CT molecular complexity index is 361. The molecule has 1 N–H and O–H groups in total.